The van der Waals surface area contributed by atoms with Crippen molar-refractivity contribution in [2.75, 3.05) is 28.2 Å². The smallest absolute Gasteiger partial charge is 0.282 e. The van der Waals surface area contributed by atoms with Crippen molar-refractivity contribution >= 4 is 34.4 Å². The van der Waals surface area contributed by atoms with E-state index in [-0.39, 0.29) is 11.8 Å². The third kappa shape index (κ3) is 4.21. The fraction of sp³-hybridized carbons (Fsp3) is 0.241. The Kier molecular flexibility index (Phi) is 5.93. The van der Waals surface area contributed by atoms with E-state index in [2.05, 4.69) is 22.3 Å². The molecule has 0 atom stereocenters. The molecule has 172 valence electrons. The standard InChI is InChI=1S/C29H29N3O2/c1-20-17-21(2)19-25(18-20)32-28(33)26(22-9-5-3-6-10-22)27(29(32)34)30-23-11-13-24(14-12-23)31-15-7-4-8-16-31/h3,5-6,9-14,17-19,30H,4,7-8,15-16H2,1-2H3. The number of carbonyl (C=O) groups excluding carboxylic acids is 2. The maximum atomic E-state index is 13.6. The maximum Gasteiger partial charge on any atom is 0.282 e. The molecule has 1 saturated heterocycles. The first-order valence-electron chi connectivity index (χ1n) is 11.9. The molecule has 5 heteroatoms. The second-order valence-electron chi connectivity index (χ2n) is 9.13. The van der Waals surface area contributed by atoms with Crippen LogP contribution in [0.25, 0.3) is 5.57 Å². The van der Waals surface area contributed by atoms with Crippen LogP contribution in [-0.2, 0) is 9.59 Å². The van der Waals surface area contributed by atoms with Crippen molar-refractivity contribution in [1.29, 1.82) is 0 Å². The summed E-state index contributed by atoms with van der Waals surface area (Å²) in [6, 6.07) is 23.3. The number of carbonyl (C=O) groups is 2. The van der Waals surface area contributed by atoms with Crippen LogP contribution in [0.1, 0.15) is 36.0 Å². The monoisotopic (exact) mass is 451 g/mol. The lowest BCUT2D eigenvalue weighted by Crippen LogP contribution is -2.32. The zero-order chi connectivity index (χ0) is 23.7. The lowest BCUT2D eigenvalue weighted by Gasteiger charge is -2.28. The van der Waals surface area contributed by atoms with Gasteiger partial charge in [0.05, 0.1) is 11.3 Å². The van der Waals surface area contributed by atoms with Gasteiger partial charge < -0.3 is 10.2 Å². The molecule has 34 heavy (non-hydrogen) atoms. The summed E-state index contributed by atoms with van der Waals surface area (Å²) in [5.74, 6) is -0.650. The van der Waals surface area contributed by atoms with Crippen molar-refractivity contribution in [2.45, 2.75) is 33.1 Å². The molecule has 0 saturated carbocycles. The molecule has 0 radical (unpaired) electrons. The average Bonchev–Trinajstić information content (AvgIpc) is 3.09. The molecule has 0 unspecified atom stereocenters. The Hall–Kier alpha value is -3.86. The van der Waals surface area contributed by atoms with Crippen LogP contribution in [0.2, 0.25) is 0 Å². The molecule has 5 rings (SSSR count). The fourth-order valence-corrected chi connectivity index (χ4v) is 4.88. The van der Waals surface area contributed by atoms with E-state index < -0.39 is 0 Å². The van der Waals surface area contributed by atoms with Crippen LogP contribution < -0.4 is 15.1 Å². The van der Waals surface area contributed by atoms with Crippen molar-refractivity contribution in [1.82, 2.24) is 0 Å². The summed E-state index contributed by atoms with van der Waals surface area (Å²) in [7, 11) is 0. The number of aryl methyl sites for hydroxylation is 2. The summed E-state index contributed by atoms with van der Waals surface area (Å²) >= 11 is 0. The summed E-state index contributed by atoms with van der Waals surface area (Å²) in [6.45, 7) is 6.09. The second-order valence-corrected chi connectivity index (χ2v) is 9.13. The molecular weight excluding hydrogens is 422 g/mol. The van der Waals surface area contributed by atoms with Gasteiger partial charge in [-0.15, -0.1) is 0 Å². The molecule has 0 aliphatic carbocycles. The summed E-state index contributed by atoms with van der Waals surface area (Å²) in [6.07, 6.45) is 3.73. The molecular formula is C29H29N3O2. The van der Waals surface area contributed by atoms with Gasteiger partial charge in [-0.1, -0.05) is 36.4 Å². The molecule has 0 aromatic heterocycles. The minimum atomic E-state index is -0.339. The Morgan fingerprint density at radius 1 is 0.706 bits per heavy atom. The van der Waals surface area contributed by atoms with E-state index in [1.165, 1.54) is 29.8 Å². The largest absolute Gasteiger partial charge is 0.372 e. The number of hydrogen-bond donors (Lipinski definition) is 1. The highest BCUT2D eigenvalue weighted by Crippen LogP contribution is 2.34. The van der Waals surface area contributed by atoms with Gasteiger partial charge >= 0.3 is 0 Å². The summed E-state index contributed by atoms with van der Waals surface area (Å²) < 4.78 is 0. The van der Waals surface area contributed by atoms with E-state index in [4.69, 9.17) is 0 Å². The molecule has 2 aliphatic rings. The van der Waals surface area contributed by atoms with Gasteiger partial charge in [0.25, 0.3) is 11.8 Å². The topological polar surface area (TPSA) is 52.7 Å². The first-order chi connectivity index (χ1) is 16.5. The molecule has 0 bridgehead atoms. The van der Waals surface area contributed by atoms with Crippen LogP contribution in [0, 0.1) is 13.8 Å². The van der Waals surface area contributed by atoms with Crippen molar-refractivity contribution in [3.63, 3.8) is 0 Å². The Labute approximate surface area is 200 Å². The van der Waals surface area contributed by atoms with E-state index in [9.17, 15) is 9.59 Å². The molecule has 1 fully saturated rings. The number of benzene rings is 3. The molecule has 3 aromatic carbocycles. The van der Waals surface area contributed by atoms with Gasteiger partial charge in [0.2, 0.25) is 0 Å². The number of anilines is 3. The van der Waals surface area contributed by atoms with Crippen LogP contribution in [-0.4, -0.2) is 24.9 Å². The molecule has 2 aliphatic heterocycles. The van der Waals surface area contributed by atoms with E-state index in [0.29, 0.717) is 17.0 Å². The fourth-order valence-electron chi connectivity index (χ4n) is 4.88. The number of rotatable bonds is 5. The zero-order valence-electron chi connectivity index (χ0n) is 19.7. The van der Waals surface area contributed by atoms with E-state index >= 15 is 0 Å². The first kappa shape index (κ1) is 22.0. The molecule has 3 aromatic rings. The third-order valence-electron chi connectivity index (χ3n) is 6.47. The Balaban J connectivity index is 1.50. The zero-order valence-corrected chi connectivity index (χ0v) is 19.7. The Morgan fingerprint density at radius 3 is 2.00 bits per heavy atom. The van der Waals surface area contributed by atoms with Crippen molar-refractivity contribution in [3.05, 3.63) is 95.2 Å². The molecule has 0 spiro atoms. The molecule has 2 heterocycles. The van der Waals surface area contributed by atoms with E-state index in [1.807, 2.05) is 74.5 Å². The van der Waals surface area contributed by atoms with Crippen molar-refractivity contribution in [2.24, 2.45) is 0 Å². The van der Waals surface area contributed by atoms with Crippen LogP contribution in [0.3, 0.4) is 0 Å². The van der Waals surface area contributed by atoms with Crippen molar-refractivity contribution < 1.29 is 9.59 Å². The highest BCUT2D eigenvalue weighted by molar-refractivity contribution is 6.46. The average molecular weight is 452 g/mol. The minimum Gasteiger partial charge on any atom is -0.372 e. The first-order valence-corrected chi connectivity index (χ1v) is 11.9. The number of hydrogen-bond acceptors (Lipinski definition) is 4. The van der Waals surface area contributed by atoms with Crippen molar-refractivity contribution in [3.8, 4) is 0 Å². The van der Waals surface area contributed by atoms with Gasteiger partial charge in [0.1, 0.15) is 5.70 Å². The summed E-state index contributed by atoms with van der Waals surface area (Å²) in [5, 5.41) is 3.28. The van der Waals surface area contributed by atoms with E-state index in [0.717, 1.165) is 35.5 Å². The molecule has 2 amide bonds. The van der Waals surface area contributed by atoms with Gasteiger partial charge in [-0.2, -0.15) is 0 Å². The Morgan fingerprint density at radius 2 is 1.35 bits per heavy atom. The van der Waals surface area contributed by atoms with Gasteiger partial charge in [-0.25, -0.2) is 4.90 Å². The van der Waals surface area contributed by atoms with Gasteiger partial charge in [-0.05, 0) is 86.2 Å². The summed E-state index contributed by atoms with van der Waals surface area (Å²) in [4.78, 5) is 30.9. The molecule has 1 N–H and O–H groups in total. The predicted molar refractivity (Wildman–Crippen MR) is 138 cm³/mol. The predicted octanol–water partition coefficient (Wildman–Crippen LogP) is 5.69. The normalized spacial score (nSPS) is 16.4. The number of amides is 2. The highest BCUT2D eigenvalue weighted by atomic mass is 16.2. The van der Waals surface area contributed by atoms with Gasteiger partial charge in [0.15, 0.2) is 0 Å². The Bertz CT molecular complexity index is 1240. The third-order valence-corrected chi connectivity index (χ3v) is 6.47. The van der Waals surface area contributed by atoms with Crippen LogP contribution in [0.5, 0.6) is 0 Å². The lowest BCUT2D eigenvalue weighted by atomic mass is 10.0. The maximum absolute atomic E-state index is 13.6. The number of nitrogens with one attached hydrogen (secondary N) is 1. The SMILES string of the molecule is Cc1cc(C)cc(N2C(=O)C(Nc3ccc(N4CCCCC4)cc3)=C(c3ccccc3)C2=O)c1. The van der Waals surface area contributed by atoms with Crippen LogP contribution in [0.4, 0.5) is 17.1 Å². The summed E-state index contributed by atoms with van der Waals surface area (Å²) in [5.41, 5.74) is 6.00. The van der Waals surface area contributed by atoms with E-state index in [1.54, 1.807) is 0 Å². The minimum absolute atomic E-state index is 0.307. The lowest BCUT2D eigenvalue weighted by molar-refractivity contribution is -0.120. The highest BCUT2D eigenvalue weighted by Gasteiger charge is 2.40. The number of imide groups is 1. The number of nitrogens with zero attached hydrogens (tertiary/aromatic N) is 2. The van der Waals surface area contributed by atoms with Gasteiger partial charge in [0, 0.05) is 24.5 Å². The second kappa shape index (κ2) is 9.18. The number of piperidine rings is 1. The molecule has 5 nitrogen and oxygen atoms in total. The quantitative estimate of drug-likeness (QED) is 0.506. The van der Waals surface area contributed by atoms with Crippen LogP contribution in [0.15, 0.2) is 78.5 Å². The van der Waals surface area contributed by atoms with Crippen LogP contribution >= 0.6 is 0 Å². The van der Waals surface area contributed by atoms with Gasteiger partial charge in [-0.3, -0.25) is 9.59 Å².